The van der Waals surface area contributed by atoms with Gasteiger partial charge in [0.15, 0.2) is 5.76 Å². The summed E-state index contributed by atoms with van der Waals surface area (Å²) in [5.41, 5.74) is 9.86. The van der Waals surface area contributed by atoms with E-state index in [1.165, 1.54) is 5.56 Å². The van der Waals surface area contributed by atoms with E-state index in [1.54, 1.807) is 12.1 Å². The molecule has 4 aromatic rings. The molecule has 1 heterocycles. The molecule has 0 fully saturated rings. The van der Waals surface area contributed by atoms with E-state index in [0.29, 0.717) is 24.3 Å². The highest BCUT2D eigenvalue weighted by Gasteiger charge is 2.28. The molecule has 186 valence electrons. The van der Waals surface area contributed by atoms with Crippen molar-refractivity contribution < 1.29 is 14.0 Å². The van der Waals surface area contributed by atoms with Crippen LogP contribution in [0, 0.1) is 13.8 Å². The number of nitrogens with zero attached hydrogens (tertiary/aromatic N) is 1. The van der Waals surface area contributed by atoms with Crippen LogP contribution in [0.25, 0.3) is 11.1 Å². The van der Waals surface area contributed by atoms with Crippen molar-refractivity contribution in [3.63, 3.8) is 0 Å². The molecule has 0 saturated carbocycles. The van der Waals surface area contributed by atoms with Gasteiger partial charge in [-0.2, -0.15) is 5.10 Å². The fraction of sp³-hybridized carbons (Fsp3) is 0.194. The maximum atomic E-state index is 12.9. The number of benzene rings is 3. The number of aryl methyl sites for hydroxylation is 2. The molecule has 1 aromatic heterocycles. The van der Waals surface area contributed by atoms with Crippen molar-refractivity contribution >= 4 is 17.5 Å². The third-order valence-corrected chi connectivity index (χ3v) is 6.65. The molecular formula is C31H29N3O3. The number of amides is 2. The van der Waals surface area contributed by atoms with Gasteiger partial charge in [0.1, 0.15) is 5.76 Å². The molecule has 2 amide bonds. The van der Waals surface area contributed by atoms with Crippen LogP contribution < -0.4 is 10.7 Å². The van der Waals surface area contributed by atoms with Crippen LogP contribution in [0.15, 0.2) is 88.4 Å². The van der Waals surface area contributed by atoms with Crippen LogP contribution >= 0.6 is 0 Å². The Balaban J connectivity index is 1.28. The van der Waals surface area contributed by atoms with Crippen molar-refractivity contribution in [2.24, 2.45) is 5.10 Å². The van der Waals surface area contributed by atoms with E-state index in [9.17, 15) is 9.59 Å². The number of carbonyl (C=O) groups excluding carboxylic acids is 2. The van der Waals surface area contributed by atoms with E-state index in [1.807, 2.05) is 80.6 Å². The molecule has 0 radical (unpaired) electrons. The number of fused-ring (bicyclic) bond motifs is 1. The van der Waals surface area contributed by atoms with Gasteiger partial charge in [-0.1, -0.05) is 72.3 Å². The number of rotatable bonds is 6. The Hall–Kier alpha value is -4.45. The van der Waals surface area contributed by atoms with Gasteiger partial charge in [-0.25, -0.2) is 5.43 Å². The Bertz CT molecular complexity index is 1450. The second-order valence-corrected chi connectivity index (χ2v) is 9.32. The normalized spacial score (nSPS) is 13.7. The summed E-state index contributed by atoms with van der Waals surface area (Å²) in [7, 11) is 0. The zero-order chi connectivity index (χ0) is 25.8. The molecule has 0 aliphatic heterocycles. The van der Waals surface area contributed by atoms with E-state index in [-0.39, 0.29) is 11.8 Å². The van der Waals surface area contributed by atoms with Crippen molar-refractivity contribution in [3.05, 3.63) is 118 Å². The Morgan fingerprint density at radius 2 is 1.54 bits per heavy atom. The van der Waals surface area contributed by atoms with Gasteiger partial charge < -0.3 is 9.73 Å². The van der Waals surface area contributed by atoms with Gasteiger partial charge in [0.05, 0.1) is 5.71 Å². The Kier molecular flexibility index (Phi) is 6.99. The summed E-state index contributed by atoms with van der Waals surface area (Å²) in [5.74, 6) is 0.504. The monoisotopic (exact) mass is 491 g/mol. The zero-order valence-corrected chi connectivity index (χ0v) is 21.0. The molecule has 5 rings (SSSR count). The molecule has 2 N–H and O–H groups in total. The third kappa shape index (κ3) is 5.38. The first kappa shape index (κ1) is 24.3. The van der Waals surface area contributed by atoms with Gasteiger partial charge in [-0.3, -0.25) is 9.59 Å². The molecule has 1 aliphatic carbocycles. The van der Waals surface area contributed by atoms with Gasteiger partial charge in [0, 0.05) is 29.7 Å². The SMILES string of the molecule is Cc1ccc(CNC(=O)c2oc3c(c2C)/C(=N/NC(=O)c2ccc(-c4ccccc4)cc2)CCC3)cc1. The lowest BCUT2D eigenvalue weighted by Gasteiger charge is -2.13. The number of hydrazone groups is 1. The maximum Gasteiger partial charge on any atom is 0.287 e. The first-order valence-corrected chi connectivity index (χ1v) is 12.5. The molecule has 0 bridgehead atoms. The molecule has 1 aliphatic rings. The number of carbonyl (C=O) groups is 2. The topological polar surface area (TPSA) is 83.7 Å². The molecular weight excluding hydrogens is 462 g/mol. The number of furan rings is 1. The maximum absolute atomic E-state index is 12.9. The van der Waals surface area contributed by atoms with E-state index in [4.69, 9.17) is 4.42 Å². The standard InChI is InChI=1S/C31H29N3O3/c1-20-11-13-22(14-12-20)19-32-31(36)29-21(2)28-26(9-6-10-27(28)37-29)33-34-30(35)25-17-15-24(16-18-25)23-7-4-3-5-8-23/h3-5,7-8,11-18H,6,9-10,19H2,1-2H3,(H,32,36)(H,34,35)/b33-26+. The zero-order valence-electron chi connectivity index (χ0n) is 21.0. The fourth-order valence-electron chi connectivity index (χ4n) is 4.59. The molecule has 0 spiro atoms. The molecule has 0 unspecified atom stereocenters. The summed E-state index contributed by atoms with van der Waals surface area (Å²) in [4.78, 5) is 25.7. The Labute approximate surface area is 216 Å². The minimum atomic E-state index is -0.281. The summed E-state index contributed by atoms with van der Waals surface area (Å²) in [5, 5.41) is 7.39. The fourth-order valence-corrected chi connectivity index (χ4v) is 4.59. The molecule has 0 atom stereocenters. The highest BCUT2D eigenvalue weighted by molar-refractivity contribution is 6.07. The minimum Gasteiger partial charge on any atom is -0.455 e. The van der Waals surface area contributed by atoms with Gasteiger partial charge in [0.2, 0.25) is 0 Å². The highest BCUT2D eigenvalue weighted by Crippen LogP contribution is 2.30. The van der Waals surface area contributed by atoms with Crippen LogP contribution in [0.2, 0.25) is 0 Å². The highest BCUT2D eigenvalue weighted by atomic mass is 16.4. The van der Waals surface area contributed by atoms with Crippen molar-refractivity contribution in [2.75, 3.05) is 0 Å². The molecule has 6 nitrogen and oxygen atoms in total. The molecule has 6 heteroatoms. The van der Waals surface area contributed by atoms with Crippen molar-refractivity contribution in [1.29, 1.82) is 0 Å². The lowest BCUT2D eigenvalue weighted by molar-refractivity contribution is 0.0919. The first-order chi connectivity index (χ1) is 18.0. The number of nitrogens with one attached hydrogen (secondary N) is 2. The average molecular weight is 492 g/mol. The van der Waals surface area contributed by atoms with Crippen molar-refractivity contribution in [3.8, 4) is 11.1 Å². The van der Waals surface area contributed by atoms with Crippen LogP contribution in [0.3, 0.4) is 0 Å². The van der Waals surface area contributed by atoms with Crippen LogP contribution in [-0.2, 0) is 13.0 Å². The van der Waals surface area contributed by atoms with Crippen molar-refractivity contribution in [2.45, 2.75) is 39.7 Å². The quantitative estimate of drug-likeness (QED) is 0.326. The summed E-state index contributed by atoms with van der Waals surface area (Å²) in [6, 6.07) is 25.5. The summed E-state index contributed by atoms with van der Waals surface area (Å²) < 4.78 is 5.98. The smallest absolute Gasteiger partial charge is 0.287 e. The molecule has 37 heavy (non-hydrogen) atoms. The lowest BCUT2D eigenvalue weighted by Crippen LogP contribution is -2.23. The van der Waals surface area contributed by atoms with E-state index < -0.39 is 0 Å². The van der Waals surface area contributed by atoms with Crippen LogP contribution in [-0.4, -0.2) is 17.5 Å². The second-order valence-electron chi connectivity index (χ2n) is 9.32. The van der Waals surface area contributed by atoms with Crippen LogP contribution in [0.1, 0.15) is 61.8 Å². The number of hydrogen-bond donors (Lipinski definition) is 2. The second kappa shape index (κ2) is 10.7. The van der Waals surface area contributed by atoms with Gasteiger partial charge in [0.25, 0.3) is 11.8 Å². The average Bonchev–Trinajstić information content (AvgIpc) is 3.29. The largest absolute Gasteiger partial charge is 0.455 e. The van der Waals surface area contributed by atoms with Crippen LogP contribution in [0.4, 0.5) is 0 Å². The lowest BCUT2D eigenvalue weighted by atomic mass is 9.93. The Morgan fingerprint density at radius 3 is 2.27 bits per heavy atom. The van der Waals surface area contributed by atoms with E-state index >= 15 is 0 Å². The van der Waals surface area contributed by atoms with Gasteiger partial charge in [-0.15, -0.1) is 0 Å². The summed E-state index contributed by atoms with van der Waals surface area (Å²) in [6.07, 6.45) is 2.27. The predicted molar refractivity (Wildman–Crippen MR) is 145 cm³/mol. The molecule has 3 aromatic carbocycles. The molecule has 0 saturated heterocycles. The Morgan fingerprint density at radius 1 is 0.838 bits per heavy atom. The van der Waals surface area contributed by atoms with Crippen LogP contribution in [0.5, 0.6) is 0 Å². The third-order valence-electron chi connectivity index (χ3n) is 6.65. The predicted octanol–water partition coefficient (Wildman–Crippen LogP) is 5.96. The minimum absolute atomic E-state index is 0.255. The first-order valence-electron chi connectivity index (χ1n) is 12.5. The van der Waals surface area contributed by atoms with Gasteiger partial charge in [-0.05, 0) is 55.5 Å². The van der Waals surface area contributed by atoms with Gasteiger partial charge >= 0.3 is 0 Å². The summed E-state index contributed by atoms with van der Waals surface area (Å²) in [6.45, 7) is 4.32. The van der Waals surface area contributed by atoms with Crippen molar-refractivity contribution in [1.82, 2.24) is 10.7 Å². The van der Waals surface area contributed by atoms with E-state index in [0.717, 1.165) is 52.1 Å². The van der Waals surface area contributed by atoms with E-state index in [2.05, 4.69) is 15.8 Å². The summed E-state index contributed by atoms with van der Waals surface area (Å²) >= 11 is 0. The number of hydrogen-bond acceptors (Lipinski definition) is 4.